The van der Waals surface area contributed by atoms with Gasteiger partial charge in [-0.3, -0.25) is 4.79 Å². The summed E-state index contributed by atoms with van der Waals surface area (Å²) in [5.41, 5.74) is 1.08. The van der Waals surface area contributed by atoms with Crippen molar-refractivity contribution in [3.63, 3.8) is 0 Å². The average molecular weight is 387 g/mol. The van der Waals surface area contributed by atoms with E-state index in [-0.39, 0.29) is 24.2 Å². The fourth-order valence-electron chi connectivity index (χ4n) is 2.60. The molecular weight excluding hydrogens is 366 g/mol. The predicted octanol–water partition coefficient (Wildman–Crippen LogP) is 3.83. The first-order valence-corrected chi connectivity index (χ1v) is 9.24. The Morgan fingerprint density at radius 2 is 2.07 bits per heavy atom. The fourth-order valence-corrected chi connectivity index (χ4v) is 3.52. The summed E-state index contributed by atoms with van der Waals surface area (Å²) >= 11 is 1.61. The van der Waals surface area contributed by atoms with E-state index in [0.717, 1.165) is 15.6 Å². The molecule has 0 unspecified atom stereocenters. The molecule has 7 nitrogen and oxygen atoms in total. The lowest BCUT2D eigenvalue weighted by molar-refractivity contribution is 0.0934. The number of carbonyl (C=O) groups excluding carboxylic acids is 1. The molecule has 1 atom stereocenters. The van der Waals surface area contributed by atoms with Crippen molar-refractivity contribution < 1.29 is 18.7 Å². The SMILES string of the molecule is COc1cccc(OCc2nc(C(=O)N[C@@H](C)c3nc(C)sc3C)co2)c1. The lowest BCUT2D eigenvalue weighted by atomic mass is 10.2. The van der Waals surface area contributed by atoms with Crippen molar-refractivity contribution in [2.24, 2.45) is 0 Å². The minimum Gasteiger partial charge on any atom is -0.497 e. The maximum absolute atomic E-state index is 12.4. The van der Waals surface area contributed by atoms with Crippen LogP contribution in [0, 0.1) is 13.8 Å². The predicted molar refractivity (Wildman–Crippen MR) is 101 cm³/mol. The van der Waals surface area contributed by atoms with E-state index >= 15 is 0 Å². The van der Waals surface area contributed by atoms with Crippen LogP contribution in [0.25, 0.3) is 0 Å². The molecule has 0 aliphatic heterocycles. The van der Waals surface area contributed by atoms with Gasteiger partial charge in [-0.05, 0) is 32.9 Å². The number of methoxy groups -OCH3 is 1. The van der Waals surface area contributed by atoms with E-state index in [1.165, 1.54) is 6.26 Å². The Morgan fingerprint density at radius 1 is 1.30 bits per heavy atom. The topological polar surface area (TPSA) is 86.5 Å². The van der Waals surface area contributed by atoms with Crippen LogP contribution < -0.4 is 14.8 Å². The third kappa shape index (κ3) is 4.65. The second-order valence-electron chi connectivity index (χ2n) is 5.96. The average Bonchev–Trinajstić information content (AvgIpc) is 3.26. The van der Waals surface area contributed by atoms with Crippen LogP contribution in [0.5, 0.6) is 11.5 Å². The van der Waals surface area contributed by atoms with Gasteiger partial charge in [0.2, 0.25) is 5.89 Å². The highest BCUT2D eigenvalue weighted by Crippen LogP contribution is 2.23. The Bertz CT molecular complexity index is 935. The second-order valence-corrected chi connectivity index (χ2v) is 7.37. The zero-order valence-electron chi connectivity index (χ0n) is 15.6. The molecule has 0 spiro atoms. The summed E-state index contributed by atoms with van der Waals surface area (Å²) in [6.07, 6.45) is 1.32. The van der Waals surface area contributed by atoms with Gasteiger partial charge in [0.25, 0.3) is 5.91 Å². The smallest absolute Gasteiger partial charge is 0.273 e. The zero-order valence-corrected chi connectivity index (χ0v) is 16.4. The molecule has 0 saturated carbocycles. The highest BCUT2D eigenvalue weighted by Gasteiger charge is 2.19. The Labute approximate surface area is 161 Å². The fraction of sp³-hybridized carbons (Fsp3) is 0.316. The van der Waals surface area contributed by atoms with Crippen LogP contribution in [0.15, 0.2) is 34.9 Å². The molecule has 0 fully saturated rings. The number of benzene rings is 1. The van der Waals surface area contributed by atoms with Crippen LogP contribution in [-0.4, -0.2) is 23.0 Å². The molecule has 1 aromatic carbocycles. The highest BCUT2D eigenvalue weighted by atomic mass is 32.1. The molecule has 2 heterocycles. The Balaban J connectivity index is 1.59. The van der Waals surface area contributed by atoms with Gasteiger partial charge in [0.1, 0.15) is 17.8 Å². The van der Waals surface area contributed by atoms with E-state index in [1.54, 1.807) is 30.6 Å². The normalized spacial score (nSPS) is 11.9. The maximum Gasteiger partial charge on any atom is 0.273 e. The summed E-state index contributed by atoms with van der Waals surface area (Å²) in [4.78, 5) is 22.2. The largest absolute Gasteiger partial charge is 0.497 e. The van der Waals surface area contributed by atoms with Crippen molar-refractivity contribution in [3.05, 3.63) is 57.7 Å². The molecule has 0 radical (unpaired) electrons. The van der Waals surface area contributed by atoms with Gasteiger partial charge in [-0.2, -0.15) is 0 Å². The molecule has 142 valence electrons. The Kier molecular flexibility index (Phi) is 5.75. The minimum atomic E-state index is -0.316. The monoisotopic (exact) mass is 387 g/mol. The molecule has 1 amide bonds. The van der Waals surface area contributed by atoms with Gasteiger partial charge in [0.15, 0.2) is 12.3 Å². The van der Waals surface area contributed by atoms with E-state index in [4.69, 9.17) is 13.9 Å². The van der Waals surface area contributed by atoms with Gasteiger partial charge in [0, 0.05) is 10.9 Å². The van der Waals surface area contributed by atoms with Crippen molar-refractivity contribution in [3.8, 4) is 11.5 Å². The van der Waals surface area contributed by atoms with E-state index in [2.05, 4.69) is 15.3 Å². The first kappa shape index (κ1) is 18.9. The quantitative estimate of drug-likeness (QED) is 0.663. The summed E-state index contributed by atoms with van der Waals surface area (Å²) in [6, 6.07) is 7.00. The van der Waals surface area contributed by atoms with Crippen molar-refractivity contribution in [2.75, 3.05) is 7.11 Å². The summed E-state index contributed by atoms with van der Waals surface area (Å²) < 4.78 is 16.1. The number of ether oxygens (including phenoxy) is 2. The number of aromatic nitrogens is 2. The van der Waals surface area contributed by atoms with Crippen LogP contribution in [0.2, 0.25) is 0 Å². The van der Waals surface area contributed by atoms with Gasteiger partial charge in [0.05, 0.1) is 23.9 Å². The molecule has 3 rings (SSSR count). The third-order valence-electron chi connectivity index (χ3n) is 3.89. The van der Waals surface area contributed by atoms with Crippen LogP contribution in [0.4, 0.5) is 0 Å². The molecule has 0 aliphatic carbocycles. The lowest BCUT2D eigenvalue weighted by Gasteiger charge is -2.11. The summed E-state index contributed by atoms with van der Waals surface area (Å²) in [5, 5.41) is 3.87. The van der Waals surface area contributed by atoms with Crippen molar-refractivity contribution in [2.45, 2.75) is 33.4 Å². The summed E-state index contributed by atoms with van der Waals surface area (Å²) in [5.74, 6) is 1.32. The van der Waals surface area contributed by atoms with Crippen molar-refractivity contribution in [1.82, 2.24) is 15.3 Å². The standard InChI is InChI=1S/C19H21N3O4S/c1-11(18-12(2)27-13(3)21-18)20-19(23)16-9-26-17(22-16)10-25-15-7-5-6-14(8-15)24-4/h5-9,11H,10H2,1-4H3,(H,20,23)/t11-/m0/s1. The molecule has 0 saturated heterocycles. The van der Waals surface area contributed by atoms with Crippen LogP contribution in [0.3, 0.4) is 0 Å². The highest BCUT2D eigenvalue weighted by molar-refractivity contribution is 7.11. The van der Waals surface area contributed by atoms with Gasteiger partial charge in [-0.25, -0.2) is 9.97 Å². The number of hydrogen-bond donors (Lipinski definition) is 1. The van der Waals surface area contributed by atoms with Crippen LogP contribution in [-0.2, 0) is 6.61 Å². The second kappa shape index (κ2) is 8.22. The lowest BCUT2D eigenvalue weighted by Crippen LogP contribution is -2.27. The number of oxazole rings is 1. The molecule has 0 aliphatic rings. The van der Waals surface area contributed by atoms with Crippen molar-refractivity contribution >= 4 is 17.2 Å². The molecule has 3 aromatic rings. The number of amides is 1. The van der Waals surface area contributed by atoms with Gasteiger partial charge in [-0.1, -0.05) is 6.07 Å². The summed E-state index contributed by atoms with van der Waals surface area (Å²) in [6.45, 7) is 5.95. The molecule has 2 aromatic heterocycles. The zero-order chi connectivity index (χ0) is 19.4. The molecule has 27 heavy (non-hydrogen) atoms. The number of thiazole rings is 1. The van der Waals surface area contributed by atoms with Crippen molar-refractivity contribution in [1.29, 1.82) is 0 Å². The van der Waals surface area contributed by atoms with E-state index in [0.29, 0.717) is 17.4 Å². The van der Waals surface area contributed by atoms with Crippen LogP contribution >= 0.6 is 11.3 Å². The van der Waals surface area contributed by atoms with E-state index in [9.17, 15) is 4.79 Å². The maximum atomic E-state index is 12.4. The Hall–Kier alpha value is -2.87. The van der Waals surface area contributed by atoms with E-state index in [1.807, 2.05) is 32.9 Å². The number of hydrogen-bond acceptors (Lipinski definition) is 7. The molecule has 1 N–H and O–H groups in total. The first-order chi connectivity index (χ1) is 13.0. The molecule has 8 heteroatoms. The molecular formula is C19H21N3O4S. The van der Waals surface area contributed by atoms with Gasteiger partial charge in [-0.15, -0.1) is 11.3 Å². The van der Waals surface area contributed by atoms with Gasteiger partial charge < -0.3 is 19.2 Å². The third-order valence-corrected chi connectivity index (χ3v) is 4.79. The Morgan fingerprint density at radius 3 is 2.78 bits per heavy atom. The number of carbonyl (C=O) groups is 1. The number of rotatable bonds is 7. The first-order valence-electron chi connectivity index (χ1n) is 8.42. The number of nitrogens with zero attached hydrogens (tertiary/aromatic N) is 2. The summed E-state index contributed by atoms with van der Waals surface area (Å²) in [7, 11) is 1.59. The van der Waals surface area contributed by atoms with Crippen LogP contribution in [0.1, 0.15) is 44.9 Å². The van der Waals surface area contributed by atoms with Gasteiger partial charge >= 0.3 is 0 Å². The number of nitrogens with one attached hydrogen (secondary N) is 1. The molecule has 0 bridgehead atoms. The minimum absolute atomic E-state index is 0.111. The van der Waals surface area contributed by atoms with E-state index < -0.39 is 0 Å². The number of aryl methyl sites for hydroxylation is 2.